The van der Waals surface area contributed by atoms with Crippen LogP contribution in [0.1, 0.15) is 55.3 Å². The molecule has 4 rings (SSSR count). The molecule has 6 nitrogen and oxygen atoms in total. The normalized spacial score (nSPS) is 13.7. The number of benzene rings is 1. The quantitative estimate of drug-likeness (QED) is 0.568. The molecule has 1 fully saturated rings. The number of aromatic nitrogens is 3. The van der Waals surface area contributed by atoms with E-state index in [0.29, 0.717) is 24.1 Å². The third-order valence-electron chi connectivity index (χ3n) is 5.04. The molecule has 29 heavy (non-hydrogen) atoms. The van der Waals surface area contributed by atoms with E-state index in [4.69, 9.17) is 4.98 Å². The molecule has 1 amide bonds. The van der Waals surface area contributed by atoms with E-state index in [9.17, 15) is 9.18 Å². The molecule has 0 unspecified atom stereocenters. The second-order valence-corrected chi connectivity index (χ2v) is 7.74. The standard InChI is InChI=1S/C22H24FN5O/c1-13(2)18-12-25-28-20(10-19(16-7-8-16)27-21(18)28)24-11-15-5-4-6-17(9-15)26-22(29)14(3)23/h4-6,9-10,12-13,16,24H,3,7-8,11H2,1-2H3,(H,26,29). The van der Waals surface area contributed by atoms with Gasteiger partial charge < -0.3 is 10.6 Å². The van der Waals surface area contributed by atoms with Crippen molar-refractivity contribution in [3.63, 3.8) is 0 Å². The van der Waals surface area contributed by atoms with E-state index in [2.05, 4.69) is 42.2 Å². The minimum atomic E-state index is -1.01. The summed E-state index contributed by atoms with van der Waals surface area (Å²) in [4.78, 5) is 16.4. The van der Waals surface area contributed by atoms with Crippen LogP contribution in [-0.2, 0) is 11.3 Å². The lowest BCUT2D eigenvalue weighted by Gasteiger charge is -2.12. The Kier molecular flexibility index (Phi) is 5.05. The number of carbonyl (C=O) groups is 1. The van der Waals surface area contributed by atoms with Gasteiger partial charge in [0.2, 0.25) is 0 Å². The number of fused-ring (bicyclic) bond motifs is 1. The van der Waals surface area contributed by atoms with Crippen molar-refractivity contribution < 1.29 is 9.18 Å². The van der Waals surface area contributed by atoms with Gasteiger partial charge in [-0.3, -0.25) is 4.79 Å². The maximum Gasteiger partial charge on any atom is 0.283 e. The molecule has 0 spiro atoms. The van der Waals surface area contributed by atoms with Crippen LogP contribution in [0.5, 0.6) is 0 Å². The van der Waals surface area contributed by atoms with Crippen LogP contribution in [0.3, 0.4) is 0 Å². The average molecular weight is 393 g/mol. The summed E-state index contributed by atoms with van der Waals surface area (Å²) >= 11 is 0. The molecular weight excluding hydrogens is 369 g/mol. The van der Waals surface area contributed by atoms with E-state index < -0.39 is 11.7 Å². The summed E-state index contributed by atoms with van der Waals surface area (Å²) in [5.74, 6) is -0.0937. The molecule has 0 aliphatic heterocycles. The highest BCUT2D eigenvalue weighted by atomic mass is 19.1. The summed E-state index contributed by atoms with van der Waals surface area (Å²) < 4.78 is 14.8. The van der Waals surface area contributed by atoms with E-state index in [1.807, 2.05) is 22.8 Å². The lowest BCUT2D eigenvalue weighted by molar-refractivity contribution is -0.114. The van der Waals surface area contributed by atoms with Gasteiger partial charge in [0, 0.05) is 35.5 Å². The van der Waals surface area contributed by atoms with Crippen molar-refractivity contribution in [1.82, 2.24) is 14.6 Å². The van der Waals surface area contributed by atoms with Gasteiger partial charge in [-0.1, -0.05) is 32.6 Å². The molecule has 0 radical (unpaired) electrons. The third-order valence-corrected chi connectivity index (χ3v) is 5.04. The minimum absolute atomic E-state index is 0.341. The lowest BCUT2D eigenvalue weighted by Crippen LogP contribution is -2.12. The number of carbonyl (C=O) groups excluding carboxylic acids is 1. The first kappa shape index (κ1) is 19.1. The Morgan fingerprint density at radius 2 is 2.14 bits per heavy atom. The Morgan fingerprint density at radius 1 is 1.34 bits per heavy atom. The van der Waals surface area contributed by atoms with Crippen LogP contribution in [0.15, 0.2) is 48.9 Å². The van der Waals surface area contributed by atoms with Crippen LogP contribution in [0.25, 0.3) is 5.65 Å². The Balaban J connectivity index is 1.58. The number of hydrogen-bond acceptors (Lipinski definition) is 4. The maximum atomic E-state index is 12.9. The molecule has 0 bridgehead atoms. The SMILES string of the molecule is C=C(F)C(=O)Nc1cccc(CNc2cc(C3CC3)nc3c(C(C)C)cnn23)c1. The number of nitrogens with one attached hydrogen (secondary N) is 2. The van der Waals surface area contributed by atoms with Crippen molar-refractivity contribution in [3.8, 4) is 0 Å². The van der Waals surface area contributed by atoms with Crippen LogP contribution in [-0.4, -0.2) is 20.5 Å². The predicted octanol–water partition coefficient (Wildman–Crippen LogP) is 4.76. The van der Waals surface area contributed by atoms with Crippen molar-refractivity contribution in [2.75, 3.05) is 10.6 Å². The molecule has 2 N–H and O–H groups in total. The van der Waals surface area contributed by atoms with E-state index >= 15 is 0 Å². The predicted molar refractivity (Wildman–Crippen MR) is 112 cm³/mol. The minimum Gasteiger partial charge on any atom is -0.366 e. The van der Waals surface area contributed by atoms with Crippen molar-refractivity contribution in [1.29, 1.82) is 0 Å². The number of nitrogens with zero attached hydrogens (tertiary/aromatic N) is 3. The van der Waals surface area contributed by atoms with E-state index in [0.717, 1.165) is 28.3 Å². The summed E-state index contributed by atoms with van der Waals surface area (Å²) in [6.45, 7) is 7.82. The average Bonchev–Trinajstić information content (AvgIpc) is 3.45. The number of rotatable bonds is 7. The van der Waals surface area contributed by atoms with Gasteiger partial charge in [0.15, 0.2) is 11.5 Å². The molecule has 2 heterocycles. The Morgan fingerprint density at radius 3 is 2.83 bits per heavy atom. The number of amides is 1. The first-order valence-corrected chi connectivity index (χ1v) is 9.79. The zero-order valence-corrected chi connectivity index (χ0v) is 16.6. The second kappa shape index (κ2) is 7.66. The van der Waals surface area contributed by atoms with Crippen molar-refractivity contribution >= 4 is 23.1 Å². The monoisotopic (exact) mass is 393 g/mol. The Hall–Kier alpha value is -3.22. The number of halogens is 1. The molecule has 1 aromatic carbocycles. The summed E-state index contributed by atoms with van der Waals surface area (Å²) in [5.41, 5.74) is 4.60. The van der Waals surface area contributed by atoms with Crippen molar-refractivity contribution in [2.24, 2.45) is 0 Å². The first-order valence-electron chi connectivity index (χ1n) is 9.79. The molecule has 1 aliphatic carbocycles. The van der Waals surface area contributed by atoms with E-state index in [1.54, 1.807) is 12.1 Å². The summed E-state index contributed by atoms with van der Waals surface area (Å²) in [6.07, 6.45) is 4.24. The Labute approximate surface area is 168 Å². The fourth-order valence-electron chi connectivity index (χ4n) is 3.27. The van der Waals surface area contributed by atoms with Gasteiger partial charge in [0.1, 0.15) is 5.82 Å². The molecule has 150 valence electrons. The van der Waals surface area contributed by atoms with Crippen LogP contribution in [0.4, 0.5) is 15.9 Å². The van der Waals surface area contributed by atoms with Crippen LogP contribution in [0.2, 0.25) is 0 Å². The summed E-state index contributed by atoms with van der Waals surface area (Å²) in [5, 5.41) is 10.5. The van der Waals surface area contributed by atoms with Crippen LogP contribution < -0.4 is 10.6 Å². The van der Waals surface area contributed by atoms with E-state index in [1.165, 1.54) is 12.8 Å². The highest BCUT2D eigenvalue weighted by Crippen LogP contribution is 2.40. The van der Waals surface area contributed by atoms with Gasteiger partial charge in [-0.25, -0.2) is 9.37 Å². The maximum absolute atomic E-state index is 12.9. The number of anilines is 2. The highest BCUT2D eigenvalue weighted by Gasteiger charge is 2.27. The van der Waals surface area contributed by atoms with Crippen molar-refractivity contribution in [3.05, 3.63) is 65.8 Å². The van der Waals surface area contributed by atoms with Gasteiger partial charge >= 0.3 is 0 Å². The zero-order chi connectivity index (χ0) is 20.5. The molecular formula is C22H24FN5O. The van der Waals surface area contributed by atoms with Gasteiger partial charge in [-0.05, 0) is 36.5 Å². The lowest BCUT2D eigenvalue weighted by atomic mass is 10.1. The fourth-order valence-corrected chi connectivity index (χ4v) is 3.27. The molecule has 1 saturated carbocycles. The summed E-state index contributed by atoms with van der Waals surface area (Å²) in [6, 6.07) is 9.34. The second-order valence-electron chi connectivity index (χ2n) is 7.74. The highest BCUT2D eigenvalue weighted by molar-refractivity contribution is 6.01. The van der Waals surface area contributed by atoms with Gasteiger partial charge in [0.05, 0.1) is 6.20 Å². The van der Waals surface area contributed by atoms with Crippen molar-refractivity contribution in [2.45, 2.75) is 45.1 Å². The zero-order valence-electron chi connectivity index (χ0n) is 16.6. The smallest absolute Gasteiger partial charge is 0.283 e. The van der Waals surface area contributed by atoms with Crippen LogP contribution >= 0.6 is 0 Å². The molecule has 3 aromatic rings. The molecule has 7 heteroatoms. The topological polar surface area (TPSA) is 71.3 Å². The number of hydrogen-bond donors (Lipinski definition) is 2. The first-order chi connectivity index (χ1) is 13.9. The van der Waals surface area contributed by atoms with Crippen LogP contribution in [0, 0.1) is 0 Å². The largest absolute Gasteiger partial charge is 0.366 e. The molecule has 1 aliphatic rings. The third kappa shape index (κ3) is 4.13. The summed E-state index contributed by atoms with van der Waals surface area (Å²) in [7, 11) is 0. The van der Waals surface area contributed by atoms with E-state index in [-0.39, 0.29) is 0 Å². The molecule has 0 atom stereocenters. The van der Waals surface area contributed by atoms with Gasteiger partial charge in [-0.2, -0.15) is 9.61 Å². The molecule has 0 saturated heterocycles. The Bertz CT molecular complexity index is 1080. The molecule has 2 aromatic heterocycles. The van der Waals surface area contributed by atoms with Gasteiger partial charge in [-0.15, -0.1) is 0 Å². The fraction of sp³-hybridized carbons (Fsp3) is 0.318. The van der Waals surface area contributed by atoms with Gasteiger partial charge in [0.25, 0.3) is 5.91 Å².